The second-order valence-corrected chi connectivity index (χ2v) is 7.05. The van der Waals surface area contributed by atoms with Gasteiger partial charge < -0.3 is 11.1 Å². The lowest BCUT2D eigenvalue weighted by Crippen LogP contribution is -2.14. The molecule has 0 fully saturated rings. The van der Waals surface area contributed by atoms with Gasteiger partial charge in [0.15, 0.2) is 0 Å². The Hall–Kier alpha value is -2.62. The Labute approximate surface area is 151 Å². The first-order valence-corrected chi connectivity index (χ1v) is 9.20. The number of rotatable bonds is 4. The fourth-order valence-corrected chi connectivity index (χ4v) is 4.79. The van der Waals surface area contributed by atoms with E-state index in [2.05, 4.69) is 72.0 Å². The standard InChI is InChI=1S/C22H20N2S/c1-24-20(13-14-23)19-12-6-11-18-17-10-5-9-16(21(17)25-22(18)19)15-7-3-2-4-8-15/h2-14,20,24H,23H2,1H3/b14-13-. The molecular weight excluding hydrogens is 324 g/mol. The van der Waals surface area contributed by atoms with Crippen LogP contribution in [0.25, 0.3) is 31.3 Å². The molecule has 0 amide bonds. The molecule has 0 saturated heterocycles. The lowest BCUT2D eigenvalue weighted by atomic mass is 10.0. The van der Waals surface area contributed by atoms with Gasteiger partial charge in [-0.3, -0.25) is 0 Å². The second-order valence-electron chi connectivity index (χ2n) is 6.03. The van der Waals surface area contributed by atoms with E-state index >= 15 is 0 Å². The van der Waals surface area contributed by atoms with E-state index in [1.54, 1.807) is 6.20 Å². The van der Waals surface area contributed by atoms with Gasteiger partial charge in [-0.2, -0.15) is 0 Å². The number of nitrogens with one attached hydrogen (secondary N) is 1. The first kappa shape index (κ1) is 15.9. The van der Waals surface area contributed by atoms with E-state index in [9.17, 15) is 0 Å². The fourth-order valence-electron chi connectivity index (χ4n) is 3.40. The smallest absolute Gasteiger partial charge is 0.0534 e. The van der Waals surface area contributed by atoms with Gasteiger partial charge in [0.05, 0.1) is 6.04 Å². The lowest BCUT2D eigenvalue weighted by molar-refractivity contribution is 0.719. The number of thiophene rings is 1. The number of likely N-dealkylation sites (N-methyl/N-ethyl adjacent to an activating group) is 1. The predicted octanol–water partition coefficient (Wildman–Crippen LogP) is 5.45. The topological polar surface area (TPSA) is 38.0 Å². The molecule has 1 heterocycles. The van der Waals surface area contributed by atoms with Gasteiger partial charge in [-0.1, -0.05) is 66.7 Å². The average molecular weight is 344 g/mol. The van der Waals surface area contributed by atoms with Crippen molar-refractivity contribution in [2.24, 2.45) is 5.73 Å². The fraction of sp³-hybridized carbons (Fsp3) is 0.0909. The highest BCUT2D eigenvalue weighted by molar-refractivity contribution is 7.26. The zero-order chi connectivity index (χ0) is 17.2. The summed E-state index contributed by atoms with van der Waals surface area (Å²) in [5, 5.41) is 5.96. The molecule has 0 aliphatic rings. The zero-order valence-corrected chi connectivity index (χ0v) is 14.9. The van der Waals surface area contributed by atoms with Crippen molar-refractivity contribution in [1.82, 2.24) is 5.32 Å². The van der Waals surface area contributed by atoms with Crippen LogP contribution in [0, 0.1) is 0 Å². The van der Waals surface area contributed by atoms with Crippen LogP contribution in [0.5, 0.6) is 0 Å². The maximum absolute atomic E-state index is 5.64. The summed E-state index contributed by atoms with van der Waals surface area (Å²) in [5.41, 5.74) is 9.46. The van der Waals surface area contributed by atoms with Gasteiger partial charge in [-0.05, 0) is 36.0 Å². The van der Waals surface area contributed by atoms with Gasteiger partial charge in [-0.25, -0.2) is 0 Å². The molecule has 0 bridgehead atoms. The Morgan fingerprint density at radius 1 is 0.880 bits per heavy atom. The summed E-state index contributed by atoms with van der Waals surface area (Å²) in [5.74, 6) is 0. The lowest BCUT2D eigenvalue weighted by Gasteiger charge is -2.12. The van der Waals surface area contributed by atoms with Crippen molar-refractivity contribution in [2.75, 3.05) is 7.05 Å². The normalized spacial score (nSPS) is 13.0. The molecule has 1 aromatic heterocycles. The molecule has 124 valence electrons. The van der Waals surface area contributed by atoms with Gasteiger partial charge in [0.25, 0.3) is 0 Å². The van der Waals surface area contributed by atoms with Crippen molar-refractivity contribution in [3.63, 3.8) is 0 Å². The third-order valence-corrected chi connectivity index (χ3v) is 5.89. The quantitative estimate of drug-likeness (QED) is 0.516. The minimum atomic E-state index is 0.113. The average Bonchev–Trinajstić information content (AvgIpc) is 3.06. The van der Waals surface area contributed by atoms with Gasteiger partial charge in [-0.15, -0.1) is 11.3 Å². The molecule has 0 aliphatic heterocycles. The molecular formula is C22H20N2S. The Bertz CT molecular complexity index is 1050. The van der Waals surface area contributed by atoms with Crippen molar-refractivity contribution < 1.29 is 0 Å². The molecule has 3 heteroatoms. The van der Waals surface area contributed by atoms with Crippen molar-refractivity contribution in [3.8, 4) is 11.1 Å². The summed E-state index contributed by atoms with van der Waals surface area (Å²) < 4.78 is 2.65. The van der Waals surface area contributed by atoms with E-state index in [1.165, 1.54) is 36.9 Å². The highest BCUT2D eigenvalue weighted by Gasteiger charge is 2.15. The molecule has 0 saturated carbocycles. The van der Waals surface area contributed by atoms with E-state index in [1.807, 2.05) is 24.5 Å². The van der Waals surface area contributed by atoms with Crippen LogP contribution in [0.3, 0.4) is 0 Å². The van der Waals surface area contributed by atoms with Gasteiger partial charge >= 0.3 is 0 Å². The Balaban J connectivity index is 2.02. The van der Waals surface area contributed by atoms with Crippen LogP contribution in [0.4, 0.5) is 0 Å². The number of hydrogen-bond donors (Lipinski definition) is 2. The molecule has 0 spiro atoms. The highest BCUT2D eigenvalue weighted by atomic mass is 32.1. The van der Waals surface area contributed by atoms with E-state index in [0.717, 1.165) is 0 Å². The highest BCUT2D eigenvalue weighted by Crippen LogP contribution is 2.42. The largest absolute Gasteiger partial charge is 0.405 e. The SMILES string of the molecule is CNC(/C=C\N)c1cccc2c1sc1c(-c3ccccc3)cccc12. The van der Waals surface area contributed by atoms with Crippen LogP contribution in [0.1, 0.15) is 11.6 Å². The van der Waals surface area contributed by atoms with E-state index < -0.39 is 0 Å². The number of benzene rings is 3. The molecule has 0 radical (unpaired) electrons. The van der Waals surface area contributed by atoms with Crippen molar-refractivity contribution in [3.05, 3.63) is 84.6 Å². The number of nitrogens with two attached hydrogens (primary N) is 1. The van der Waals surface area contributed by atoms with Gasteiger partial charge in [0.2, 0.25) is 0 Å². The maximum Gasteiger partial charge on any atom is 0.0534 e. The third kappa shape index (κ3) is 2.72. The van der Waals surface area contributed by atoms with Gasteiger partial charge in [0, 0.05) is 20.2 Å². The molecule has 4 aromatic rings. The van der Waals surface area contributed by atoms with Crippen LogP contribution >= 0.6 is 11.3 Å². The molecule has 3 aromatic carbocycles. The number of fused-ring (bicyclic) bond motifs is 3. The summed E-state index contributed by atoms with van der Waals surface area (Å²) in [4.78, 5) is 0. The van der Waals surface area contributed by atoms with Crippen molar-refractivity contribution in [2.45, 2.75) is 6.04 Å². The monoisotopic (exact) mass is 344 g/mol. The van der Waals surface area contributed by atoms with E-state index in [0.29, 0.717) is 0 Å². The summed E-state index contributed by atoms with van der Waals surface area (Å²) in [7, 11) is 1.96. The summed E-state index contributed by atoms with van der Waals surface area (Å²) in [6.45, 7) is 0. The first-order chi connectivity index (χ1) is 12.3. The molecule has 1 unspecified atom stereocenters. The second kappa shape index (κ2) is 6.71. The zero-order valence-electron chi connectivity index (χ0n) is 14.1. The molecule has 1 atom stereocenters. The van der Waals surface area contributed by atoms with Crippen LogP contribution in [-0.2, 0) is 0 Å². The van der Waals surface area contributed by atoms with E-state index in [-0.39, 0.29) is 6.04 Å². The van der Waals surface area contributed by atoms with Crippen molar-refractivity contribution >= 4 is 31.5 Å². The van der Waals surface area contributed by atoms with Crippen molar-refractivity contribution in [1.29, 1.82) is 0 Å². The Morgan fingerprint density at radius 3 is 2.32 bits per heavy atom. The van der Waals surface area contributed by atoms with Crippen LogP contribution in [0.2, 0.25) is 0 Å². The summed E-state index contributed by atoms with van der Waals surface area (Å²) >= 11 is 1.86. The Morgan fingerprint density at radius 2 is 1.60 bits per heavy atom. The summed E-state index contributed by atoms with van der Waals surface area (Å²) in [6, 6.07) is 23.8. The van der Waals surface area contributed by atoms with Crippen LogP contribution < -0.4 is 11.1 Å². The first-order valence-electron chi connectivity index (χ1n) is 8.38. The third-order valence-electron chi connectivity index (χ3n) is 4.59. The van der Waals surface area contributed by atoms with Gasteiger partial charge in [0.1, 0.15) is 0 Å². The number of hydrogen-bond acceptors (Lipinski definition) is 3. The molecule has 4 rings (SSSR count). The molecule has 0 aliphatic carbocycles. The Kier molecular flexibility index (Phi) is 4.26. The maximum atomic E-state index is 5.64. The minimum Gasteiger partial charge on any atom is -0.405 e. The predicted molar refractivity (Wildman–Crippen MR) is 110 cm³/mol. The van der Waals surface area contributed by atoms with E-state index in [4.69, 9.17) is 5.73 Å². The minimum absolute atomic E-state index is 0.113. The van der Waals surface area contributed by atoms with Crippen LogP contribution in [0.15, 0.2) is 79.0 Å². The summed E-state index contributed by atoms with van der Waals surface area (Å²) in [6.07, 6.45) is 3.61. The molecule has 25 heavy (non-hydrogen) atoms. The molecule has 3 N–H and O–H groups in total. The molecule has 2 nitrogen and oxygen atoms in total. The van der Waals surface area contributed by atoms with Crippen LogP contribution in [-0.4, -0.2) is 7.05 Å².